The number of aromatic nitrogens is 2. The summed E-state index contributed by atoms with van der Waals surface area (Å²) in [6.07, 6.45) is 0.804. The third-order valence-corrected chi connectivity index (χ3v) is 5.78. The number of aromatic amines is 1. The minimum absolute atomic E-state index is 0.112. The van der Waals surface area contributed by atoms with Gasteiger partial charge in [-0.3, -0.25) is 5.10 Å². The molecule has 2 rings (SSSR count). The molecule has 1 saturated heterocycles. The van der Waals surface area contributed by atoms with E-state index in [4.69, 9.17) is 5.73 Å². The van der Waals surface area contributed by atoms with E-state index in [0.717, 1.165) is 6.42 Å². The van der Waals surface area contributed by atoms with Gasteiger partial charge in [0.25, 0.3) is 0 Å². The molecule has 0 aromatic carbocycles. The molecule has 0 radical (unpaired) electrons. The Kier molecular flexibility index (Phi) is 3.25. The molecule has 6 nitrogen and oxygen atoms in total. The SMILES string of the molecule is Cc1n[nH]c(C)c1S(=O)(=O)N1CCC(C)(CN)C1. The molecule has 1 aliphatic heterocycles. The van der Waals surface area contributed by atoms with Crippen molar-refractivity contribution in [2.45, 2.75) is 32.1 Å². The van der Waals surface area contributed by atoms with Crippen molar-refractivity contribution in [3.63, 3.8) is 0 Å². The van der Waals surface area contributed by atoms with Gasteiger partial charge in [0.2, 0.25) is 10.0 Å². The van der Waals surface area contributed by atoms with E-state index >= 15 is 0 Å². The summed E-state index contributed by atoms with van der Waals surface area (Å²) in [4.78, 5) is 0.309. The van der Waals surface area contributed by atoms with Crippen LogP contribution in [0.2, 0.25) is 0 Å². The predicted molar refractivity (Wildman–Crippen MR) is 68.6 cm³/mol. The first-order valence-electron chi connectivity index (χ1n) is 6.02. The summed E-state index contributed by atoms with van der Waals surface area (Å²) in [6.45, 7) is 6.97. The van der Waals surface area contributed by atoms with Gasteiger partial charge in [0.1, 0.15) is 4.90 Å². The highest BCUT2D eigenvalue weighted by Crippen LogP contribution is 2.33. The standard InChI is InChI=1S/C11H20N4O2S/c1-8-10(9(2)14-13-8)18(16,17)15-5-4-11(3,6-12)7-15/h4-7,12H2,1-3H3,(H,13,14). The predicted octanol–water partition coefficient (Wildman–Crippen LogP) is 0.386. The fourth-order valence-electron chi connectivity index (χ4n) is 2.40. The summed E-state index contributed by atoms with van der Waals surface area (Å²) in [7, 11) is -3.45. The zero-order valence-electron chi connectivity index (χ0n) is 11.0. The molecular weight excluding hydrogens is 252 g/mol. The Balaban J connectivity index is 2.35. The molecule has 1 atom stereocenters. The Bertz CT molecular complexity index is 532. The van der Waals surface area contributed by atoms with Crippen molar-refractivity contribution in [1.82, 2.24) is 14.5 Å². The highest BCUT2D eigenvalue weighted by Gasteiger charge is 2.40. The summed E-state index contributed by atoms with van der Waals surface area (Å²) >= 11 is 0. The Morgan fingerprint density at radius 1 is 1.50 bits per heavy atom. The molecule has 18 heavy (non-hydrogen) atoms. The topological polar surface area (TPSA) is 92.1 Å². The van der Waals surface area contributed by atoms with Gasteiger partial charge in [0.05, 0.1) is 11.4 Å². The molecular formula is C11H20N4O2S. The monoisotopic (exact) mass is 272 g/mol. The Morgan fingerprint density at radius 2 is 2.17 bits per heavy atom. The quantitative estimate of drug-likeness (QED) is 0.832. The minimum Gasteiger partial charge on any atom is -0.330 e. The molecule has 0 spiro atoms. The van der Waals surface area contributed by atoms with Gasteiger partial charge < -0.3 is 5.73 Å². The third kappa shape index (κ3) is 2.06. The van der Waals surface area contributed by atoms with Gasteiger partial charge in [0.15, 0.2) is 0 Å². The van der Waals surface area contributed by atoms with Crippen molar-refractivity contribution in [3.8, 4) is 0 Å². The van der Waals surface area contributed by atoms with E-state index in [-0.39, 0.29) is 5.41 Å². The molecule has 0 bridgehead atoms. The lowest BCUT2D eigenvalue weighted by Crippen LogP contribution is -2.34. The first-order chi connectivity index (χ1) is 8.30. The van der Waals surface area contributed by atoms with Gasteiger partial charge in [-0.2, -0.15) is 9.40 Å². The number of nitrogens with two attached hydrogens (primary N) is 1. The fraction of sp³-hybridized carbons (Fsp3) is 0.727. The van der Waals surface area contributed by atoms with Crippen LogP contribution in [0.1, 0.15) is 24.7 Å². The van der Waals surface area contributed by atoms with Crippen LogP contribution in [0.15, 0.2) is 4.90 Å². The Labute approximate surface area is 108 Å². The van der Waals surface area contributed by atoms with Crippen LogP contribution in [0.25, 0.3) is 0 Å². The van der Waals surface area contributed by atoms with Gasteiger partial charge >= 0.3 is 0 Å². The van der Waals surface area contributed by atoms with Crippen LogP contribution in [0.5, 0.6) is 0 Å². The van der Waals surface area contributed by atoms with Gasteiger partial charge in [-0.25, -0.2) is 8.42 Å². The summed E-state index contributed by atoms with van der Waals surface area (Å²) in [5.74, 6) is 0. The second-order valence-corrected chi connectivity index (χ2v) is 7.24. The normalized spacial score (nSPS) is 25.8. The molecule has 1 aromatic heterocycles. The van der Waals surface area contributed by atoms with Crippen LogP contribution < -0.4 is 5.73 Å². The highest BCUT2D eigenvalue weighted by atomic mass is 32.2. The highest BCUT2D eigenvalue weighted by molar-refractivity contribution is 7.89. The second kappa shape index (κ2) is 4.32. The molecule has 1 aliphatic rings. The van der Waals surface area contributed by atoms with Crippen molar-refractivity contribution < 1.29 is 8.42 Å². The van der Waals surface area contributed by atoms with Crippen LogP contribution in [0.3, 0.4) is 0 Å². The summed E-state index contributed by atoms with van der Waals surface area (Å²) in [6, 6.07) is 0. The zero-order valence-corrected chi connectivity index (χ0v) is 11.8. The number of H-pyrrole nitrogens is 1. The summed E-state index contributed by atoms with van der Waals surface area (Å²) < 4.78 is 26.7. The van der Waals surface area contributed by atoms with Crippen LogP contribution in [0.4, 0.5) is 0 Å². The number of nitrogens with zero attached hydrogens (tertiary/aromatic N) is 2. The molecule has 0 aliphatic carbocycles. The van der Waals surface area contributed by atoms with E-state index in [1.807, 2.05) is 6.92 Å². The van der Waals surface area contributed by atoms with Crippen LogP contribution in [-0.4, -0.2) is 42.6 Å². The second-order valence-electron chi connectivity index (χ2n) is 5.37. The van der Waals surface area contributed by atoms with E-state index in [9.17, 15) is 8.42 Å². The average molecular weight is 272 g/mol. The summed E-state index contributed by atoms with van der Waals surface area (Å²) in [5, 5.41) is 6.68. The number of hydrogen-bond acceptors (Lipinski definition) is 4. The van der Waals surface area contributed by atoms with Gasteiger partial charge in [0, 0.05) is 13.1 Å². The average Bonchev–Trinajstić information content (AvgIpc) is 2.84. The molecule has 3 N–H and O–H groups in total. The number of aryl methyl sites for hydroxylation is 2. The Morgan fingerprint density at radius 3 is 2.61 bits per heavy atom. The molecule has 102 valence electrons. The number of rotatable bonds is 3. The van der Waals surface area contributed by atoms with E-state index in [1.165, 1.54) is 4.31 Å². The largest absolute Gasteiger partial charge is 0.330 e. The van der Waals surface area contributed by atoms with E-state index in [0.29, 0.717) is 35.9 Å². The molecule has 7 heteroatoms. The lowest BCUT2D eigenvalue weighted by molar-refractivity contribution is 0.349. The molecule has 2 heterocycles. The molecule has 0 amide bonds. The van der Waals surface area contributed by atoms with E-state index < -0.39 is 10.0 Å². The smallest absolute Gasteiger partial charge is 0.246 e. The van der Waals surface area contributed by atoms with E-state index in [2.05, 4.69) is 10.2 Å². The maximum Gasteiger partial charge on any atom is 0.246 e. The fourth-order valence-corrected chi connectivity index (χ4v) is 4.32. The van der Waals surface area contributed by atoms with Crippen molar-refractivity contribution in [2.75, 3.05) is 19.6 Å². The van der Waals surface area contributed by atoms with Crippen molar-refractivity contribution in [2.24, 2.45) is 11.1 Å². The Hall–Kier alpha value is -0.920. The third-order valence-electron chi connectivity index (χ3n) is 3.67. The lowest BCUT2D eigenvalue weighted by Gasteiger charge is -2.22. The zero-order chi connectivity index (χ0) is 13.6. The number of nitrogens with one attached hydrogen (secondary N) is 1. The van der Waals surface area contributed by atoms with Gasteiger partial charge in [-0.1, -0.05) is 6.92 Å². The maximum absolute atomic E-state index is 12.6. The van der Waals surface area contributed by atoms with Crippen molar-refractivity contribution in [1.29, 1.82) is 0 Å². The van der Waals surface area contributed by atoms with Crippen LogP contribution in [-0.2, 0) is 10.0 Å². The molecule has 1 fully saturated rings. The first-order valence-corrected chi connectivity index (χ1v) is 7.46. The molecule has 0 saturated carbocycles. The van der Waals surface area contributed by atoms with Crippen LogP contribution >= 0.6 is 0 Å². The molecule has 1 aromatic rings. The van der Waals surface area contributed by atoms with Gasteiger partial charge in [-0.05, 0) is 32.2 Å². The lowest BCUT2D eigenvalue weighted by atomic mass is 9.90. The first kappa shape index (κ1) is 13.5. The van der Waals surface area contributed by atoms with Gasteiger partial charge in [-0.15, -0.1) is 0 Å². The maximum atomic E-state index is 12.6. The van der Waals surface area contributed by atoms with Crippen molar-refractivity contribution in [3.05, 3.63) is 11.4 Å². The summed E-state index contributed by atoms with van der Waals surface area (Å²) in [5.41, 5.74) is 6.71. The van der Waals surface area contributed by atoms with E-state index in [1.54, 1.807) is 13.8 Å². The number of sulfonamides is 1. The minimum atomic E-state index is -3.45. The molecule has 1 unspecified atom stereocenters. The number of hydrogen-bond donors (Lipinski definition) is 2. The van der Waals surface area contributed by atoms with Crippen molar-refractivity contribution >= 4 is 10.0 Å². The van der Waals surface area contributed by atoms with Crippen LogP contribution in [0, 0.1) is 19.3 Å².